The van der Waals surface area contributed by atoms with Gasteiger partial charge < -0.3 is 59.8 Å². The molecule has 7 rings (SSSR count). The quantitative estimate of drug-likeness (QED) is 0.110. The average molecular weight is 795 g/mol. The summed E-state index contributed by atoms with van der Waals surface area (Å²) in [7, 11) is 0. The molecule has 0 amide bonds. The number of esters is 1. The zero-order valence-electron chi connectivity index (χ0n) is 33.9. The summed E-state index contributed by atoms with van der Waals surface area (Å²) in [4.78, 5) is 28.8. The van der Waals surface area contributed by atoms with Crippen LogP contribution in [0.1, 0.15) is 106 Å². The normalized spacial score (nSPS) is 54.0. The zero-order valence-corrected chi connectivity index (χ0v) is 33.9. The van der Waals surface area contributed by atoms with Crippen LogP contribution in [0.5, 0.6) is 0 Å². The summed E-state index contributed by atoms with van der Waals surface area (Å²) < 4.78 is 23.9. The van der Waals surface area contributed by atoms with Gasteiger partial charge >= 0.3 is 11.9 Å². The van der Waals surface area contributed by atoms with Gasteiger partial charge in [-0.3, -0.25) is 9.59 Å². The lowest BCUT2D eigenvalue weighted by Gasteiger charge is -2.70. The maximum atomic E-state index is 14.6. The van der Waals surface area contributed by atoms with E-state index in [-0.39, 0.29) is 48.0 Å². The number of ether oxygens (including phenoxy) is 4. The highest BCUT2D eigenvalue weighted by molar-refractivity contribution is 5.85. The predicted octanol–water partition coefficient (Wildman–Crippen LogP) is 2.26. The Morgan fingerprint density at radius 3 is 2.09 bits per heavy atom. The maximum absolute atomic E-state index is 14.6. The number of carboxylic acids is 1. The molecule has 8 N–H and O–H groups in total. The van der Waals surface area contributed by atoms with E-state index in [1.165, 1.54) is 0 Å². The third-order valence-electron chi connectivity index (χ3n) is 17.3. The standard InChI is InChI=1S/C42H66O14/c1-19-10-15-41(37(52)56-35-33(49)31(47)29(45)23(18-43)54-35)16-17-42(36(50)51)22(27(41)20(19)2)8-9-25-39(6)13-12-26(38(4,5)24(39)11-14-40(25,42)7)55-34-32(48)30(46)28(44)21(3)53-34/h8,19-21,23-35,43-49H,9-18H2,1-7H3,(H,50,51)/t19-,20-,21-,23+,24+,25-,26+,27+,28-,29+,30-,31-,32+,33+,34+,35-,39-,40+,41-,42+/m1/s1. The van der Waals surface area contributed by atoms with Crippen molar-refractivity contribution in [2.75, 3.05) is 6.61 Å². The molecule has 2 aliphatic heterocycles. The highest BCUT2D eigenvalue weighted by Crippen LogP contribution is 2.76. The second-order valence-electron chi connectivity index (χ2n) is 20.0. The van der Waals surface area contributed by atoms with Crippen LogP contribution in [0.3, 0.4) is 0 Å². The fraction of sp³-hybridized carbons (Fsp3) is 0.905. The lowest BCUT2D eigenvalue weighted by atomic mass is 9.33. The molecule has 20 atom stereocenters. The van der Waals surface area contributed by atoms with Crippen molar-refractivity contribution in [3.8, 4) is 0 Å². The second-order valence-corrected chi connectivity index (χ2v) is 20.0. The Morgan fingerprint density at radius 1 is 0.768 bits per heavy atom. The number of carbonyl (C=O) groups excluding carboxylic acids is 1. The van der Waals surface area contributed by atoms with Crippen molar-refractivity contribution in [2.45, 2.75) is 174 Å². The van der Waals surface area contributed by atoms with E-state index in [1.54, 1.807) is 6.92 Å². The topological polar surface area (TPSA) is 233 Å². The summed E-state index contributed by atoms with van der Waals surface area (Å²) >= 11 is 0. The minimum atomic E-state index is -1.74. The van der Waals surface area contributed by atoms with Crippen LogP contribution in [0.2, 0.25) is 0 Å². The van der Waals surface area contributed by atoms with Crippen LogP contribution < -0.4 is 0 Å². The Labute approximate surface area is 329 Å². The van der Waals surface area contributed by atoms with Gasteiger partial charge in [0.1, 0.15) is 42.7 Å². The van der Waals surface area contributed by atoms with E-state index in [0.717, 1.165) is 18.4 Å². The van der Waals surface area contributed by atoms with E-state index >= 15 is 0 Å². The molecule has 0 aromatic carbocycles. The van der Waals surface area contributed by atoms with E-state index in [9.17, 15) is 50.4 Å². The second kappa shape index (κ2) is 14.5. The first-order chi connectivity index (χ1) is 26.1. The minimum Gasteiger partial charge on any atom is -0.481 e. The molecule has 2 heterocycles. The molecule has 0 bridgehead atoms. The van der Waals surface area contributed by atoms with Crippen LogP contribution in [0.25, 0.3) is 0 Å². The Kier molecular flexibility index (Phi) is 11.0. The largest absolute Gasteiger partial charge is 0.481 e. The number of hydrogen-bond acceptors (Lipinski definition) is 13. The van der Waals surface area contributed by atoms with Gasteiger partial charge in [0.05, 0.1) is 29.6 Å². The van der Waals surface area contributed by atoms with Gasteiger partial charge in [-0.2, -0.15) is 0 Å². The first-order valence-corrected chi connectivity index (χ1v) is 20.9. The lowest BCUT2D eigenvalue weighted by molar-refractivity contribution is -0.324. The Morgan fingerprint density at radius 2 is 1.43 bits per heavy atom. The number of carbonyl (C=O) groups is 2. The molecule has 0 spiro atoms. The van der Waals surface area contributed by atoms with E-state index in [0.29, 0.717) is 32.1 Å². The number of fused-ring (bicyclic) bond motifs is 7. The SMILES string of the molecule is C[C@@H]1[C@H](C)CC[C@@]2(C(=O)O[C@H]3O[C@@H](CO)[C@H](O)[C@@H](O)[C@@H]3O)CC[C@@]3(C(=O)O)C(=CC[C@@H]4[C@]5(C)CC[C@H](O[C@@H]6O[C@H](C)[C@@H](O)[C@@H](O)[C@@H]6O)C(C)(C)[C@@H]5CC[C@@]43C)[C@H]12. The maximum Gasteiger partial charge on any atom is 0.315 e. The number of aliphatic carboxylic acids is 1. The van der Waals surface area contributed by atoms with Gasteiger partial charge in [0.2, 0.25) is 6.29 Å². The van der Waals surface area contributed by atoms with Crippen molar-refractivity contribution in [1.82, 2.24) is 0 Å². The fourth-order valence-electron chi connectivity index (χ4n) is 13.9. The van der Waals surface area contributed by atoms with Crippen LogP contribution in [-0.4, -0.2) is 127 Å². The predicted molar refractivity (Wildman–Crippen MR) is 198 cm³/mol. The van der Waals surface area contributed by atoms with Crippen molar-refractivity contribution < 1.29 is 69.4 Å². The van der Waals surface area contributed by atoms with Gasteiger partial charge in [-0.15, -0.1) is 0 Å². The van der Waals surface area contributed by atoms with Crippen molar-refractivity contribution in [1.29, 1.82) is 0 Å². The number of aliphatic hydroxyl groups excluding tert-OH is 7. The monoisotopic (exact) mass is 794 g/mol. The first-order valence-electron chi connectivity index (χ1n) is 20.9. The summed E-state index contributed by atoms with van der Waals surface area (Å²) in [5.74, 6) is -1.73. The van der Waals surface area contributed by atoms with E-state index in [2.05, 4.69) is 47.6 Å². The number of carboxylic acid groups (broad SMARTS) is 1. The summed E-state index contributed by atoms with van der Waals surface area (Å²) in [6.45, 7) is 14.0. The Hall–Kier alpha value is -1.72. The van der Waals surface area contributed by atoms with Crippen LogP contribution in [-0.2, 0) is 28.5 Å². The third kappa shape index (κ3) is 5.85. The third-order valence-corrected chi connectivity index (χ3v) is 17.3. The average Bonchev–Trinajstić information content (AvgIpc) is 3.14. The van der Waals surface area contributed by atoms with Crippen molar-refractivity contribution >= 4 is 11.9 Å². The minimum absolute atomic E-state index is 0.00720. The molecule has 56 heavy (non-hydrogen) atoms. The Bertz CT molecular complexity index is 1550. The number of rotatable bonds is 6. The zero-order chi connectivity index (χ0) is 41.1. The summed E-state index contributed by atoms with van der Waals surface area (Å²) in [6, 6.07) is 0. The van der Waals surface area contributed by atoms with Gasteiger partial charge in [-0.05, 0) is 111 Å². The van der Waals surface area contributed by atoms with Crippen LogP contribution in [0.4, 0.5) is 0 Å². The highest BCUT2D eigenvalue weighted by atomic mass is 16.7. The molecule has 7 aliphatic rings. The van der Waals surface area contributed by atoms with Gasteiger partial charge in [0.15, 0.2) is 6.29 Å². The lowest BCUT2D eigenvalue weighted by Crippen LogP contribution is -2.68. The summed E-state index contributed by atoms with van der Waals surface area (Å²) in [6.07, 6.45) is -6.91. The molecular formula is C42H66O14. The van der Waals surface area contributed by atoms with Crippen LogP contribution in [0.15, 0.2) is 11.6 Å². The number of aliphatic hydroxyl groups is 7. The molecule has 4 saturated carbocycles. The molecule has 14 nitrogen and oxygen atoms in total. The van der Waals surface area contributed by atoms with Crippen molar-refractivity contribution in [2.24, 2.45) is 56.7 Å². The molecule has 0 aromatic heterocycles. The van der Waals surface area contributed by atoms with Crippen molar-refractivity contribution in [3.05, 3.63) is 11.6 Å². The van der Waals surface area contributed by atoms with Crippen LogP contribution >= 0.6 is 0 Å². The summed E-state index contributed by atoms with van der Waals surface area (Å²) in [5, 5.41) is 84.5. The molecule has 318 valence electrons. The van der Waals surface area contributed by atoms with E-state index in [4.69, 9.17) is 18.9 Å². The molecular weight excluding hydrogens is 728 g/mol. The Balaban J connectivity index is 1.21. The fourth-order valence-corrected chi connectivity index (χ4v) is 13.9. The van der Waals surface area contributed by atoms with Gasteiger partial charge in [-0.25, -0.2) is 0 Å². The highest BCUT2D eigenvalue weighted by Gasteiger charge is 2.74. The molecule has 6 fully saturated rings. The van der Waals surface area contributed by atoms with Gasteiger partial charge in [-0.1, -0.05) is 53.2 Å². The number of allylic oxidation sites excluding steroid dienone is 1. The summed E-state index contributed by atoms with van der Waals surface area (Å²) in [5.41, 5.74) is -2.93. The first kappa shape index (κ1) is 42.4. The van der Waals surface area contributed by atoms with Crippen molar-refractivity contribution in [3.63, 3.8) is 0 Å². The molecule has 14 heteroatoms. The van der Waals surface area contributed by atoms with Gasteiger partial charge in [0, 0.05) is 0 Å². The number of hydrogen-bond donors (Lipinski definition) is 8. The van der Waals surface area contributed by atoms with E-state index in [1.807, 2.05) is 0 Å². The van der Waals surface area contributed by atoms with Crippen LogP contribution in [0, 0.1) is 56.7 Å². The molecule has 0 unspecified atom stereocenters. The molecule has 5 aliphatic carbocycles. The van der Waals surface area contributed by atoms with Gasteiger partial charge in [0.25, 0.3) is 0 Å². The van der Waals surface area contributed by atoms with E-state index < -0.39 is 108 Å². The smallest absolute Gasteiger partial charge is 0.315 e. The molecule has 2 saturated heterocycles. The molecule has 0 aromatic rings. The molecule has 0 radical (unpaired) electrons.